The van der Waals surface area contributed by atoms with Gasteiger partial charge < -0.3 is 18.5 Å². The Labute approximate surface area is 274 Å². The van der Waals surface area contributed by atoms with Crippen LogP contribution < -0.4 is 0 Å². The fourth-order valence-corrected chi connectivity index (χ4v) is 6.90. The van der Waals surface area contributed by atoms with Crippen molar-refractivity contribution >= 4 is 8.53 Å². The number of rotatable bonds is 32. The standard InChI is InChI=1S/C38H68NO4P/c1-7-9-11-13-15-17-19-21-26-30-40-33-38(41-31-27-22-20-18-16-14-12-10-8-2)34-43-44(39(35(3)4)36(5)6)42-32-37-28-24-23-25-29-37/h7-8,23-25,28-29,35-36,38H,1-2,9-22,26-27,30-34H2,3-6H3/t38-,44?/m1/s1. The van der Waals surface area contributed by atoms with E-state index in [1.165, 1.54) is 77.0 Å². The second-order valence-electron chi connectivity index (χ2n) is 12.5. The van der Waals surface area contributed by atoms with Crippen molar-refractivity contribution in [1.82, 2.24) is 4.67 Å². The van der Waals surface area contributed by atoms with Crippen molar-refractivity contribution in [2.45, 2.75) is 155 Å². The molecular formula is C38H68NO4P. The molecule has 1 unspecified atom stereocenters. The van der Waals surface area contributed by atoms with Gasteiger partial charge in [0.25, 0.3) is 8.53 Å². The molecule has 44 heavy (non-hydrogen) atoms. The molecule has 0 N–H and O–H groups in total. The van der Waals surface area contributed by atoms with Gasteiger partial charge >= 0.3 is 0 Å². The first kappa shape index (κ1) is 41.0. The number of nitrogens with zero attached hydrogens (tertiary/aromatic N) is 1. The van der Waals surface area contributed by atoms with Crippen molar-refractivity contribution in [3.8, 4) is 0 Å². The van der Waals surface area contributed by atoms with Gasteiger partial charge in [-0.3, -0.25) is 0 Å². The molecule has 0 bridgehead atoms. The number of benzene rings is 1. The van der Waals surface area contributed by atoms with Gasteiger partial charge in [-0.2, -0.15) is 0 Å². The van der Waals surface area contributed by atoms with Crippen molar-refractivity contribution < 1.29 is 18.5 Å². The van der Waals surface area contributed by atoms with Gasteiger partial charge in [0.2, 0.25) is 0 Å². The zero-order valence-corrected chi connectivity index (χ0v) is 30.0. The van der Waals surface area contributed by atoms with Crippen LogP contribution in [0, 0.1) is 0 Å². The highest BCUT2D eigenvalue weighted by atomic mass is 31.2. The molecule has 0 spiro atoms. The van der Waals surface area contributed by atoms with E-state index in [-0.39, 0.29) is 6.10 Å². The summed E-state index contributed by atoms with van der Waals surface area (Å²) in [7, 11) is -1.24. The Morgan fingerprint density at radius 1 is 0.636 bits per heavy atom. The van der Waals surface area contributed by atoms with E-state index in [1.807, 2.05) is 18.2 Å². The third kappa shape index (κ3) is 22.4. The SMILES string of the molecule is C=CCCCCCCCCCOC[C@H](COP(OCc1ccccc1)N(C(C)C)C(C)C)OCCCCCCCCCC=C. The van der Waals surface area contributed by atoms with E-state index < -0.39 is 8.53 Å². The van der Waals surface area contributed by atoms with Crippen LogP contribution in [0.4, 0.5) is 0 Å². The van der Waals surface area contributed by atoms with Crippen molar-refractivity contribution in [3.63, 3.8) is 0 Å². The highest BCUT2D eigenvalue weighted by molar-refractivity contribution is 7.44. The summed E-state index contributed by atoms with van der Waals surface area (Å²) in [6.45, 7) is 19.6. The van der Waals surface area contributed by atoms with Crippen LogP contribution >= 0.6 is 8.53 Å². The highest BCUT2D eigenvalue weighted by Gasteiger charge is 2.28. The summed E-state index contributed by atoms with van der Waals surface area (Å²) in [5.74, 6) is 0. The summed E-state index contributed by atoms with van der Waals surface area (Å²) in [6, 6.07) is 11.0. The molecule has 0 heterocycles. The average Bonchev–Trinajstić information content (AvgIpc) is 3.01. The fraction of sp³-hybridized carbons (Fsp3) is 0.737. The van der Waals surface area contributed by atoms with Gasteiger partial charge in [-0.05, 0) is 71.8 Å². The Morgan fingerprint density at radius 3 is 1.66 bits per heavy atom. The molecule has 254 valence electrons. The predicted octanol–water partition coefficient (Wildman–Crippen LogP) is 11.6. The molecule has 2 atom stereocenters. The van der Waals surface area contributed by atoms with Gasteiger partial charge in [-0.1, -0.05) is 107 Å². The van der Waals surface area contributed by atoms with E-state index in [4.69, 9.17) is 18.5 Å². The Hall–Kier alpha value is -1.07. The average molecular weight is 634 g/mol. The van der Waals surface area contributed by atoms with Crippen LogP contribution in [0.2, 0.25) is 0 Å². The highest BCUT2D eigenvalue weighted by Crippen LogP contribution is 2.46. The second-order valence-corrected chi connectivity index (χ2v) is 14.0. The molecule has 0 amide bonds. The van der Waals surface area contributed by atoms with Gasteiger partial charge in [-0.15, -0.1) is 13.2 Å². The summed E-state index contributed by atoms with van der Waals surface area (Å²) in [5.41, 5.74) is 1.16. The maximum atomic E-state index is 6.55. The number of ether oxygens (including phenoxy) is 2. The van der Waals surface area contributed by atoms with E-state index >= 15 is 0 Å². The molecule has 6 heteroatoms. The molecule has 0 aliphatic rings. The first-order valence-electron chi connectivity index (χ1n) is 17.8. The zero-order valence-electron chi connectivity index (χ0n) is 29.1. The molecule has 1 aromatic carbocycles. The van der Waals surface area contributed by atoms with Gasteiger partial charge in [0.1, 0.15) is 6.10 Å². The molecule has 1 aromatic rings. The second kappa shape index (κ2) is 29.3. The molecule has 0 aliphatic heterocycles. The van der Waals surface area contributed by atoms with Crippen LogP contribution in [0.3, 0.4) is 0 Å². The van der Waals surface area contributed by atoms with Crippen LogP contribution in [-0.4, -0.2) is 49.3 Å². The first-order valence-corrected chi connectivity index (χ1v) is 18.9. The minimum Gasteiger partial charge on any atom is -0.379 e. The maximum Gasteiger partial charge on any atom is 0.259 e. The van der Waals surface area contributed by atoms with Gasteiger partial charge in [0, 0.05) is 25.3 Å². The molecule has 5 nitrogen and oxygen atoms in total. The lowest BCUT2D eigenvalue weighted by molar-refractivity contribution is -0.0414. The third-order valence-electron chi connectivity index (χ3n) is 7.71. The van der Waals surface area contributed by atoms with Gasteiger partial charge in [0.05, 0.1) is 19.8 Å². The third-order valence-corrected chi connectivity index (χ3v) is 9.73. The summed E-state index contributed by atoms with van der Waals surface area (Å²) in [6.07, 6.45) is 23.9. The lowest BCUT2D eigenvalue weighted by atomic mass is 10.1. The Bertz CT molecular complexity index is 767. The van der Waals surface area contributed by atoms with Crippen LogP contribution in [0.15, 0.2) is 55.6 Å². The molecule has 0 aromatic heterocycles. The molecular weight excluding hydrogens is 565 g/mol. The summed E-state index contributed by atoms with van der Waals surface area (Å²) in [4.78, 5) is 0. The molecule has 1 rings (SSSR count). The number of allylic oxidation sites excluding steroid dienone is 2. The predicted molar refractivity (Wildman–Crippen MR) is 191 cm³/mol. The zero-order chi connectivity index (χ0) is 32.1. The summed E-state index contributed by atoms with van der Waals surface area (Å²) in [5, 5.41) is 0. The van der Waals surface area contributed by atoms with E-state index in [2.05, 4.69) is 69.8 Å². The van der Waals surface area contributed by atoms with Gasteiger partial charge in [-0.25, -0.2) is 4.67 Å². The number of unbranched alkanes of at least 4 members (excludes halogenated alkanes) is 14. The summed E-state index contributed by atoms with van der Waals surface area (Å²) >= 11 is 0. The smallest absolute Gasteiger partial charge is 0.259 e. The first-order chi connectivity index (χ1) is 21.5. The van der Waals surface area contributed by atoms with E-state index in [9.17, 15) is 0 Å². The lowest BCUT2D eigenvalue weighted by Gasteiger charge is -2.36. The van der Waals surface area contributed by atoms with Crippen molar-refractivity contribution in [3.05, 3.63) is 61.2 Å². The minimum absolute atomic E-state index is 0.0923. The van der Waals surface area contributed by atoms with Crippen molar-refractivity contribution in [2.75, 3.05) is 26.4 Å². The van der Waals surface area contributed by atoms with Crippen LogP contribution in [0.5, 0.6) is 0 Å². The summed E-state index contributed by atoms with van der Waals surface area (Å²) < 4.78 is 27.9. The molecule has 0 aliphatic carbocycles. The molecule has 0 radical (unpaired) electrons. The Kier molecular flexibility index (Phi) is 27.3. The number of hydrogen-bond donors (Lipinski definition) is 0. The minimum atomic E-state index is -1.24. The Morgan fingerprint density at radius 2 is 1.14 bits per heavy atom. The van der Waals surface area contributed by atoms with Gasteiger partial charge in [0.15, 0.2) is 0 Å². The Balaban J connectivity index is 2.56. The lowest BCUT2D eigenvalue weighted by Crippen LogP contribution is -2.35. The number of hydrogen-bond acceptors (Lipinski definition) is 5. The fourth-order valence-electron chi connectivity index (χ4n) is 5.26. The van der Waals surface area contributed by atoms with Crippen LogP contribution in [-0.2, 0) is 25.1 Å². The largest absolute Gasteiger partial charge is 0.379 e. The molecule has 0 fully saturated rings. The molecule has 0 saturated carbocycles. The van der Waals surface area contributed by atoms with E-state index in [0.717, 1.165) is 44.5 Å². The van der Waals surface area contributed by atoms with Crippen molar-refractivity contribution in [2.24, 2.45) is 0 Å². The quantitative estimate of drug-likeness (QED) is 0.0448. The normalized spacial score (nSPS) is 13.2. The van der Waals surface area contributed by atoms with E-state index in [1.54, 1.807) is 0 Å². The molecule has 0 saturated heterocycles. The van der Waals surface area contributed by atoms with Crippen molar-refractivity contribution in [1.29, 1.82) is 0 Å². The topological polar surface area (TPSA) is 40.2 Å². The van der Waals surface area contributed by atoms with Crippen LogP contribution in [0.1, 0.15) is 136 Å². The van der Waals surface area contributed by atoms with Crippen LogP contribution in [0.25, 0.3) is 0 Å². The maximum absolute atomic E-state index is 6.55. The van der Waals surface area contributed by atoms with E-state index in [0.29, 0.717) is 31.9 Å². The monoisotopic (exact) mass is 633 g/mol.